The Balaban J connectivity index is 1.89. The maximum Gasteiger partial charge on any atom is 0.0697 e. The van der Waals surface area contributed by atoms with Gasteiger partial charge in [-0.3, -0.25) is 0 Å². The standard InChI is InChI=1S/C10H16O2/c11-7-9-12-8-3-6-10-4-1-2-5-10/h1-2,4,11H,3,5-9H2. The minimum Gasteiger partial charge on any atom is -0.394 e. The van der Waals surface area contributed by atoms with E-state index in [2.05, 4.69) is 18.2 Å². The van der Waals surface area contributed by atoms with Crippen molar-refractivity contribution in [2.24, 2.45) is 0 Å². The third-order valence-corrected chi connectivity index (χ3v) is 1.87. The van der Waals surface area contributed by atoms with Crippen LogP contribution in [0.5, 0.6) is 0 Å². The van der Waals surface area contributed by atoms with Crippen LogP contribution >= 0.6 is 0 Å². The average molecular weight is 168 g/mol. The second-order valence-corrected chi connectivity index (χ2v) is 2.90. The molecule has 0 spiro atoms. The number of rotatable bonds is 6. The molecule has 0 saturated heterocycles. The summed E-state index contributed by atoms with van der Waals surface area (Å²) in [5.74, 6) is 0. The summed E-state index contributed by atoms with van der Waals surface area (Å²) in [5.41, 5.74) is 1.49. The van der Waals surface area contributed by atoms with Crippen molar-refractivity contribution in [2.45, 2.75) is 19.3 Å². The van der Waals surface area contributed by atoms with Crippen molar-refractivity contribution in [2.75, 3.05) is 19.8 Å². The van der Waals surface area contributed by atoms with Crippen LogP contribution in [0.2, 0.25) is 0 Å². The van der Waals surface area contributed by atoms with Crippen molar-refractivity contribution in [1.82, 2.24) is 0 Å². The zero-order chi connectivity index (χ0) is 8.65. The topological polar surface area (TPSA) is 29.5 Å². The lowest BCUT2D eigenvalue weighted by Gasteiger charge is -2.02. The molecule has 12 heavy (non-hydrogen) atoms. The summed E-state index contributed by atoms with van der Waals surface area (Å²) in [6.07, 6.45) is 9.74. The van der Waals surface area contributed by atoms with Crippen LogP contribution in [0.15, 0.2) is 23.8 Å². The summed E-state index contributed by atoms with van der Waals surface area (Å²) in [5, 5.41) is 8.43. The maximum atomic E-state index is 8.43. The normalized spacial score (nSPS) is 15.2. The lowest BCUT2D eigenvalue weighted by atomic mass is 10.1. The zero-order valence-electron chi connectivity index (χ0n) is 7.33. The predicted octanol–water partition coefficient (Wildman–Crippen LogP) is 1.66. The number of ether oxygens (including phenoxy) is 1. The molecule has 1 aliphatic rings. The number of hydrogen-bond donors (Lipinski definition) is 1. The van der Waals surface area contributed by atoms with Gasteiger partial charge in [0.2, 0.25) is 0 Å². The van der Waals surface area contributed by atoms with Crippen LogP contribution in [-0.2, 0) is 4.74 Å². The van der Waals surface area contributed by atoms with Gasteiger partial charge in [-0.2, -0.15) is 0 Å². The molecule has 68 valence electrons. The highest BCUT2D eigenvalue weighted by Gasteiger charge is 1.98. The first-order valence-electron chi connectivity index (χ1n) is 4.46. The first-order chi connectivity index (χ1) is 5.93. The molecule has 1 rings (SSSR count). The Morgan fingerprint density at radius 1 is 1.42 bits per heavy atom. The van der Waals surface area contributed by atoms with E-state index in [4.69, 9.17) is 9.84 Å². The van der Waals surface area contributed by atoms with E-state index in [0.717, 1.165) is 25.9 Å². The van der Waals surface area contributed by atoms with Crippen molar-refractivity contribution in [3.8, 4) is 0 Å². The van der Waals surface area contributed by atoms with Gasteiger partial charge >= 0.3 is 0 Å². The Morgan fingerprint density at radius 2 is 2.33 bits per heavy atom. The van der Waals surface area contributed by atoms with Gasteiger partial charge < -0.3 is 9.84 Å². The summed E-state index contributed by atoms with van der Waals surface area (Å²) in [6.45, 7) is 1.36. The molecule has 1 aliphatic carbocycles. The third kappa shape index (κ3) is 3.69. The van der Waals surface area contributed by atoms with E-state index in [0.29, 0.717) is 6.61 Å². The molecule has 0 aromatic heterocycles. The Hall–Kier alpha value is -0.600. The zero-order valence-corrected chi connectivity index (χ0v) is 7.33. The van der Waals surface area contributed by atoms with E-state index >= 15 is 0 Å². The van der Waals surface area contributed by atoms with Gasteiger partial charge in [0.1, 0.15) is 0 Å². The van der Waals surface area contributed by atoms with Crippen molar-refractivity contribution in [3.63, 3.8) is 0 Å². The van der Waals surface area contributed by atoms with Crippen LogP contribution in [0, 0.1) is 0 Å². The fourth-order valence-electron chi connectivity index (χ4n) is 1.24. The highest BCUT2D eigenvalue weighted by atomic mass is 16.5. The van der Waals surface area contributed by atoms with Crippen LogP contribution in [0.4, 0.5) is 0 Å². The molecule has 0 heterocycles. The first-order valence-corrected chi connectivity index (χ1v) is 4.46. The summed E-state index contributed by atoms with van der Waals surface area (Å²) in [4.78, 5) is 0. The molecular weight excluding hydrogens is 152 g/mol. The number of allylic oxidation sites excluding steroid dienone is 4. The molecule has 2 heteroatoms. The molecule has 0 aromatic rings. The van der Waals surface area contributed by atoms with Crippen LogP contribution in [0.1, 0.15) is 19.3 Å². The Bertz CT molecular complexity index is 171. The summed E-state index contributed by atoms with van der Waals surface area (Å²) >= 11 is 0. The highest BCUT2D eigenvalue weighted by Crippen LogP contribution is 2.15. The summed E-state index contributed by atoms with van der Waals surface area (Å²) in [6, 6.07) is 0. The molecule has 0 aromatic carbocycles. The Kier molecular flexibility index (Phi) is 4.73. The quantitative estimate of drug-likeness (QED) is 0.611. The van der Waals surface area contributed by atoms with E-state index in [9.17, 15) is 0 Å². The van der Waals surface area contributed by atoms with Gasteiger partial charge in [-0.15, -0.1) is 0 Å². The van der Waals surface area contributed by atoms with Gasteiger partial charge in [-0.25, -0.2) is 0 Å². The van der Waals surface area contributed by atoms with E-state index in [-0.39, 0.29) is 6.61 Å². The molecular formula is C10H16O2. The van der Waals surface area contributed by atoms with Crippen LogP contribution < -0.4 is 0 Å². The number of aliphatic hydroxyl groups excluding tert-OH is 1. The molecule has 0 fully saturated rings. The lowest BCUT2D eigenvalue weighted by Crippen LogP contribution is -2.00. The lowest BCUT2D eigenvalue weighted by molar-refractivity contribution is 0.0908. The molecule has 0 saturated carbocycles. The van der Waals surface area contributed by atoms with Crippen molar-refractivity contribution in [3.05, 3.63) is 23.8 Å². The molecule has 1 N–H and O–H groups in total. The monoisotopic (exact) mass is 168 g/mol. The van der Waals surface area contributed by atoms with Crippen LogP contribution in [-0.4, -0.2) is 24.9 Å². The molecule has 0 bridgehead atoms. The number of hydrogen-bond acceptors (Lipinski definition) is 2. The van der Waals surface area contributed by atoms with E-state index in [1.807, 2.05) is 0 Å². The van der Waals surface area contributed by atoms with Crippen molar-refractivity contribution < 1.29 is 9.84 Å². The van der Waals surface area contributed by atoms with Gasteiger partial charge in [-0.05, 0) is 19.3 Å². The highest BCUT2D eigenvalue weighted by molar-refractivity contribution is 5.22. The van der Waals surface area contributed by atoms with E-state index in [1.54, 1.807) is 0 Å². The molecule has 2 nitrogen and oxygen atoms in total. The molecule has 0 unspecified atom stereocenters. The molecule has 0 amide bonds. The van der Waals surface area contributed by atoms with Gasteiger partial charge in [0.05, 0.1) is 13.2 Å². The Labute approximate surface area is 73.5 Å². The van der Waals surface area contributed by atoms with E-state index in [1.165, 1.54) is 5.57 Å². The minimum atomic E-state index is 0.129. The fourth-order valence-corrected chi connectivity index (χ4v) is 1.24. The largest absolute Gasteiger partial charge is 0.394 e. The maximum absolute atomic E-state index is 8.43. The SMILES string of the molecule is OCCOCCCC1=CC=CC1. The van der Waals surface area contributed by atoms with Gasteiger partial charge in [-0.1, -0.05) is 23.8 Å². The first kappa shape index (κ1) is 9.49. The third-order valence-electron chi connectivity index (χ3n) is 1.87. The molecule has 0 radical (unpaired) electrons. The smallest absolute Gasteiger partial charge is 0.0697 e. The van der Waals surface area contributed by atoms with Crippen LogP contribution in [0.3, 0.4) is 0 Å². The minimum absolute atomic E-state index is 0.129. The van der Waals surface area contributed by atoms with E-state index < -0.39 is 0 Å². The fraction of sp³-hybridized carbons (Fsp3) is 0.600. The summed E-state index contributed by atoms with van der Waals surface area (Å²) in [7, 11) is 0. The predicted molar refractivity (Wildman–Crippen MR) is 49.0 cm³/mol. The van der Waals surface area contributed by atoms with Crippen molar-refractivity contribution in [1.29, 1.82) is 0 Å². The summed E-state index contributed by atoms with van der Waals surface area (Å²) < 4.78 is 5.14. The van der Waals surface area contributed by atoms with Crippen LogP contribution in [0.25, 0.3) is 0 Å². The van der Waals surface area contributed by atoms with Gasteiger partial charge in [0, 0.05) is 6.61 Å². The average Bonchev–Trinajstić information content (AvgIpc) is 2.57. The second-order valence-electron chi connectivity index (χ2n) is 2.90. The Morgan fingerprint density at radius 3 is 3.00 bits per heavy atom. The second kappa shape index (κ2) is 5.98. The van der Waals surface area contributed by atoms with Crippen molar-refractivity contribution >= 4 is 0 Å². The molecule has 0 aliphatic heterocycles. The van der Waals surface area contributed by atoms with Gasteiger partial charge in [0.15, 0.2) is 0 Å². The van der Waals surface area contributed by atoms with Gasteiger partial charge in [0.25, 0.3) is 0 Å². The molecule has 0 atom stereocenters. The number of aliphatic hydroxyl groups is 1.